The molecule has 3 atom stereocenters. The monoisotopic (exact) mass is 473 g/mol. The summed E-state index contributed by atoms with van der Waals surface area (Å²) in [6, 6.07) is 9.45. The van der Waals surface area contributed by atoms with Crippen LogP contribution in [0, 0.1) is 11.6 Å². The van der Waals surface area contributed by atoms with Gasteiger partial charge in [-0.15, -0.1) is 0 Å². The highest BCUT2D eigenvalue weighted by Gasteiger charge is 2.50. The number of halogens is 2. The molecule has 2 aliphatic rings. The lowest BCUT2D eigenvalue weighted by molar-refractivity contribution is 0.156. The molecular formula is C26H33F2N3O3. The molecule has 34 heavy (non-hydrogen) atoms. The number of likely N-dealkylation sites (tertiary alicyclic amines) is 1. The Morgan fingerprint density at radius 1 is 1.06 bits per heavy atom. The van der Waals surface area contributed by atoms with Crippen molar-refractivity contribution in [1.29, 1.82) is 0 Å². The average molecular weight is 474 g/mol. The summed E-state index contributed by atoms with van der Waals surface area (Å²) in [5, 5.41) is 5.63. The maximum atomic E-state index is 13.5. The van der Waals surface area contributed by atoms with Gasteiger partial charge < -0.3 is 25.0 Å². The van der Waals surface area contributed by atoms with Gasteiger partial charge in [-0.25, -0.2) is 13.6 Å². The van der Waals surface area contributed by atoms with Gasteiger partial charge in [0.15, 0.2) is 23.1 Å². The van der Waals surface area contributed by atoms with Crippen LogP contribution in [0.15, 0.2) is 36.4 Å². The van der Waals surface area contributed by atoms with E-state index < -0.39 is 17.7 Å². The summed E-state index contributed by atoms with van der Waals surface area (Å²) < 4.78 is 38.2. The Bertz CT molecular complexity index is 1030. The number of likely N-dealkylation sites (N-methyl/N-ethyl adjacent to an activating group) is 1. The van der Waals surface area contributed by atoms with Crippen molar-refractivity contribution in [2.45, 2.75) is 57.0 Å². The maximum absolute atomic E-state index is 13.5. The van der Waals surface area contributed by atoms with E-state index in [1.165, 1.54) is 11.6 Å². The molecule has 2 aromatic rings. The van der Waals surface area contributed by atoms with E-state index in [2.05, 4.69) is 34.7 Å². The van der Waals surface area contributed by atoms with Gasteiger partial charge in [0.1, 0.15) is 0 Å². The Labute approximate surface area is 199 Å². The molecule has 2 aromatic carbocycles. The molecule has 6 nitrogen and oxygen atoms in total. The number of hydrogen-bond donors (Lipinski definition) is 2. The van der Waals surface area contributed by atoms with Crippen LogP contribution in [0.2, 0.25) is 0 Å². The number of amides is 2. The van der Waals surface area contributed by atoms with Crippen molar-refractivity contribution in [2.75, 3.05) is 32.1 Å². The minimum absolute atomic E-state index is 0.0138. The van der Waals surface area contributed by atoms with Crippen LogP contribution >= 0.6 is 0 Å². The Morgan fingerprint density at radius 3 is 2.56 bits per heavy atom. The molecule has 0 spiro atoms. The average Bonchev–Trinajstić information content (AvgIpc) is 3.15. The van der Waals surface area contributed by atoms with E-state index in [1.54, 1.807) is 0 Å². The molecule has 0 bridgehead atoms. The number of carbonyl (C=O) groups excluding carboxylic acids is 1. The summed E-state index contributed by atoms with van der Waals surface area (Å²) in [6.45, 7) is 6.06. The normalized spacial score (nSPS) is 24.4. The van der Waals surface area contributed by atoms with Gasteiger partial charge in [0, 0.05) is 29.3 Å². The van der Waals surface area contributed by atoms with Crippen molar-refractivity contribution in [3.63, 3.8) is 0 Å². The number of ether oxygens (including phenoxy) is 2. The number of benzene rings is 2. The highest BCUT2D eigenvalue weighted by Crippen LogP contribution is 2.50. The molecule has 0 unspecified atom stereocenters. The fourth-order valence-electron chi connectivity index (χ4n) is 5.54. The largest absolute Gasteiger partial charge is 0.490 e. The summed E-state index contributed by atoms with van der Waals surface area (Å²) in [5.41, 5.74) is 1.45. The predicted octanol–water partition coefficient (Wildman–Crippen LogP) is 5.08. The summed E-state index contributed by atoms with van der Waals surface area (Å²) in [5.74, 6) is -0.400. The molecule has 4 rings (SSSR count). The van der Waals surface area contributed by atoms with Crippen molar-refractivity contribution in [3.8, 4) is 11.5 Å². The lowest BCUT2D eigenvalue weighted by Crippen LogP contribution is -2.52. The number of rotatable bonds is 7. The van der Waals surface area contributed by atoms with Crippen LogP contribution in [0.1, 0.15) is 45.1 Å². The highest BCUT2D eigenvalue weighted by molar-refractivity contribution is 5.89. The number of fused-ring (bicyclic) bond motifs is 1. The molecule has 2 N–H and O–H groups in total. The van der Waals surface area contributed by atoms with Gasteiger partial charge in [0.2, 0.25) is 0 Å². The molecule has 0 aromatic heterocycles. The van der Waals surface area contributed by atoms with E-state index in [4.69, 9.17) is 9.47 Å². The Kier molecular flexibility index (Phi) is 7.26. The molecule has 1 aliphatic carbocycles. The van der Waals surface area contributed by atoms with E-state index in [9.17, 15) is 13.6 Å². The van der Waals surface area contributed by atoms with Crippen LogP contribution in [0.5, 0.6) is 11.5 Å². The van der Waals surface area contributed by atoms with Crippen LogP contribution in [0.3, 0.4) is 0 Å². The topological polar surface area (TPSA) is 62.8 Å². The van der Waals surface area contributed by atoms with Crippen molar-refractivity contribution < 1.29 is 23.0 Å². The molecule has 1 heterocycles. The predicted molar refractivity (Wildman–Crippen MR) is 128 cm³/mol. The Balaban J connectivity index is 1.48. The second-order valence-electron chi connectivity index (χ2n) is 9.13. The zero-order valence-electron chi connectivity index (χ0n) is 20.0. The number of nitrogens with zero attached hydrogens (tertiary/aromatic N) is 1. The molecule has 2 fully saturated rings. The van der Waals surface area contributed by atoms with Gasteiger partial charge in [-0.2, -0.15) is 0 Å². The van der Waals surface area contributed by atoms with Crippen molar-refractivity contribution in [2.24, 2.45) is 0 Å². The maximum Gasteiger partial charge on any atom is 0.319 e. The summed E-state index contributed by atoms with van der Waals surface area (Å²) >= 11 is 0. The molecular weight excluding hydrogens is 440 g/mol. The smallest absolute Gasteiger partial charge is 0.319 e. The van der Waals surface area contributed by atoms with E-state index in [-0.39, 0.29) is 23.2 Å². The van der Waals surface area contributed by atoms with E-state index in [1.807, 2.05) is 19.9 Å². The summed E-state index contributed by atoms with van der Waals surface area (Å²) in [7, 11) is 2.13. The third-order valence-electron chi connectivity index (χ3n) is 7.16. The zero-order valence-corrected chi connectivity index (χ0v) is 20.0. The first-order valence-electron chi connectivity index (χ1n) is 12.0. The number of nitrogens with one attached hydrogen (secondary N) is 2. The minimum Gasteiger partial charge on any atom is -0.490 e. The third kappa shape index (κ3) is 4.82. The molecule has 184 valence electrons. The van der Waals surface area contributed by atoms with Crippen molar-refractivity contribution in [3.05, 3.63) is 53.6 Å². The van der Waals surface area contributed by atoms with Crippen LogP contribution in [-0.2, 0) is 5.41 Å². The van der Waals surface area contributed by atoms with Gasteiger partial charge in [-0.1, -0.05) is 6.07 Å². The van der Waals surface area contributed by atoms with Gasteiger partial charge in [-0.05, 0) is 83.0 Å². The lowest BCUT2D eigenvalue weighted by atomic mass is 9.65. The molecule has 2 amide bonds. The van der Waals surface area contributed by atoms with E-state index >= 15 is 0 Å². The summed E-state index contributed by atoms with van der Waals surface area (Å²) in [6.07, 6.45) is 3.60. The van der Waals surface area contributed by atoms with E-state index in [0.29, 0.717) is 13.2 Å². The standard InChI is InChI=1S/C26H33F2N3O3/c1-4-33-22-9-6-17(14-23(22)34-5-2)26-11-10-19(16-24(26)31(3)13-12-26)30-25(32)29-18-7-8-20(27)21(28)15-18/h6-9,14-15,19,24H,4-5,10-13,16H2,1-3H3,(H2,29,30,32)/t19-,24+,26-/m0/s1. The second kappa shape index (κ2) is 10.2. The quantitative estimate of drug-likeness (QED) is 0.589. The minimum atomic E-state index is -0.991. The number of anilines is 1. The molecule has 1 saturated heterocycles. The lowest BCUT2D eigenvalue weighted by Gasteiger charge is -2.45. The first-order chi connectivity index (χ1) is 16.4. The summed E-state index contributed by atoms with van der Waals surface area (Å²) in [4.78, 5) is 14.9. The number of carbonyl (C=O) groups is 1. The van der Waals surface area contributed by atoms with Gasteiger partial charge in [-0.3, -0.25) is 0 Å². The highest BCUT2D eigenvalue weighted by atomic mass is 19.2. The fraction of sp³-hybridized carbons (Fsp3) is 0.500. The van der Waals surface area contributed by atoms with Gasteiger partial charge >= 0.3 is 6.03 Å². The molecule has 1 saturated carbocycles. The Hall–Kier alpha value is -2.87. The Morgan fingerprint density at radius 2 is 1.82 bits per heavy atom. The first-order valence-corrected chi connectivity index (χ1v) is 12.0. The van der Waals surface area contributed by atoms with Crippen LogP contribution in [0.25, 0.3) is 0 Å². The van der Waals surface area contributed by atoms with E-state index in [0.717, 1.165) is 55.9 Å². The zero-order chi connectivity index (χ0) is 24.3. The van der Waals surface area contributed by atoms with Crippen LogP contribution in [-0.4, -0.2) is 49.8 Å². The van der Waals surface area contributed by atoms with Crippen LogP contribution < -0.4 is 20.1 Å². The fourth-order valence-corrected chi connectivity index (χ4v) is 5.54. The van der Waals surface area contributed by atoms with Gasteiger partial charge in [0.05, 0.1) is 13.2 Å². The third-order valence-corrected chi connectivity index (χ3v) is 7.16. The number of urea groups is 1. The molecule has 8 heteroatoms. The van der Waals surface area contributed by atoms with Gasteiger partial charge in [0.25, 0.3) is 0 Å². The first kappa shape index (κ1) is 24.3. The van der Waals surface area contributed by atoms with Crippen molar-refractivity contribution >= 4 is 11.7 Å². The van der Waals surface area contributed by atoms with Crippen LogP contribution in [0.4, 0.5) is 19.3 Å². The number of hydrogen-bond acceptors (Lipinski definition) is 4. The van der Waals surface area contributed by atoms with Crippen molar-refractivity contribution in [1.82, 2.24) is 10.2 Å². The second-order valence-corrected chi connectivity index (χ2v) is 9.13. The SMILES string of the molecule is CCOc1ccc([C@@]23CC[C@H](NC(=O)Nc4ccc(F)c(F)c4)C[C@H]2N(C)CC3)cc1OCC. The molecule has 1 aliphatic heterocycles. The molecule has 0 radical (unpaired) electrons.